The molecule has 0 saturated carbocycles. The minimum Gasteiger partial charge on any atom is -0.344 e. The molecule has 2 rings (SSSR count). The predicted molar refractivity (Wildman–Crippen MR) is 70.7 cm³/mol. The highest BCUT2D eigenvalue weighted by Gasteiger charge is 2.29. The molecule has 2 N–H and O–H groups in total. The summed E-state index contributed by atoms with van der Waals surface area (Å²) in [5, 5.41) is 0. The fourth-order valence-corrected chi connectivity index (χ4v) is 4.61. The van der Waals surface area contributed by atoms with Gasteiger partial charge in [0.15, 0.2) is 4.21 Å². The molecule has 1 aliphatic rings. The fraction of sp³-hybridized carbons (Fsp3) is 0.600. The van der Waals surface area contributed by atoms with Crippen molar-refractivity contribution in [2.24, 2.45) is 0 Å². The number of likely N-dealkylation sites (tertiary alicyclic amines) is 1. The monoisotopic (exact) mass is 305 g/mol. The van der Waals surface area contributed by atoms with Gasteiger partial charge in [0.05, 0.1) is 0 Å². The molecule has 1 amide bonds. The zero-order valence-corrected chi connectivity index (χ0v) is 12.2. The van der Waals surface area contributed by atoms with Crippen LogP contribution >= 0.6 is 11.3 Å². The van der Waals surface area contributed by atoms with Gasteiger partial charge in [0, 0.05) is 31.7 Å². The van der Waals surface area contributed by atoms with Gasteiger partial charge in [0.2, 0.25) is 5.91 Å². The van der Waals surface area contributed by atoms with Gasteiger partial charge < -0.3 is 9.88 Å². The highest BCUT2D eigenvalue weighted by atomic mass is 32.2. The first kappa shape index (κ1) is 14.2. The lowest BCUT2D eigenvalue weighted by Crippen LogP contribution is -2.48. The molecule has 0 aliphatic carbocycles. The highest BCUT2D eigenvalue weighted by molar-refractivity contribution is 7.91. The van der Waals surface area contributed by atoms with Crippen molar-refractivity contribution in [2.45, 2.75) is 30.0 Å². The van der Waals surface area contributed by atoms with Crippen molar-refractivity contribution >= 4 is 27.3 Å². The van der Waals surface area contributed by atoms with E-state index in [0.29, 0.717) is 36.4 Å². The molecule has 2 heterocycles. The molecule has 1 fully saturated rings. The Morgan fingerprint density at radius 2 is 2.11 bits per heavy atom. The second-order valence-electron chi connectivity index (χ2n) is 4.56. The van der Waals surface area contributed by atoms with Crippen molar-refractivity contribution in [2.75, 3.05) is 13.6 Å². The molecule has 1 saturated heterocycles. The van der Waals surface area contributed by atoms with E-state index in [4.69, 9.17) is 0 Å². The van der Waals surface area contributed by atoms with Crippen molar-refractivity contribution in [3.63, 3.8) is 0 Å². The Bertz CT molecular complexity index is 646. The standard InChI is InChI=1S/C10H15N3O4S2/c1-6-9(18-10(15)11-6)19(16,17)12-7-3-4-8(14)13(2)5-7/h7,12H,3-5H2,1-2H3,(H,11,15). The van der Waals surface area contributed by atoms with Crippen LogP contribution in [-0.4, -0.2) is 43.8 Å². The van der Waals surface area contributed by atoms with Gasteiger partial charge >= 0.3 is 4.87 Å². The molecule has 0 aromatic carbocycles. The summed E-state index contributed by atoms with van der Waals surface area (Å²) in [6.07, 6.45) is 0.798. The number of nitrogens with one attached hydrogen (secondary N) is 2. The van der Waals surface area contributed by atoms with Crippen LogP contribution < -0.4 is 9.60 Å². The number of H-pyrrole nitrogens is 1. The van der Waals surface area contributed by atoms with Crippen LogP contribution in [0.5, 0.6) is 0 Å². The van der Waals surface area contributed by atoms with Crippen LogP contribution in [0.25, 0.3) is 0 Å². The molecule has 0 bridgehead atoms. The molecule has 1 aromatic rings. The molecule has 1 atom stereocenters. The topological polar surface area (TPSA) is 99.3 Å². The Balaban J connectivity index is 2.16. The summed E-state index contributed by atoms with van der Waals surface area (Å²) in [4.78, 5) is 26.1. The zero-order valence-electron chi connectivity index (χ0n) is 10.6. The molecule has 1 aromatic heterocycles. The fourth-order valence-electron chi connectivity index (χ4n) is 2.03. The Hall–Kier alpha value is -1.19. The number of carbonyl (C=O) groups excluding carboxylic acids is 1. The molecule has 106 valence electrons. The summed E-state index contributed by atoms with van der Waals surface area (Å²) >= 11 is 0.669. The first-order chi connectivity index (χ1) is 8.79. The average Bonchev–Trinajstić information content (AvgIpc) is 2.63. The summed E-state index contributed by atoms with van der Waals surface area (Å²) in [5.74, 6) is 0.0120. The van der Waals surface area contributed by atoms with Crippen LogP contribution in [0.1, 0.15) is 18.5 Å². The van der Waals surface area contributed by atoms with E-state index in [1.165, 1.54) is 4.90 Å². The Morgan fingerprint density at radius 3 is 2.63 bits per heavy atom. The van der Waals surface area contributed by atoms with E-state index in [0.717, 1.165) is 0 Å². The lowest BCUT2D eigenvalue weighted by atomic mass is 10.1. The number of sulfonamides is 1. The smallest absolute Gasteiger partial charge is 0.305 e. The van der Waals surface area contributed by atoms with Crippen molar-refractivity contribution < 1.29 is 13.2 Å². The van der Waals surface area contributed by atoms with Crippen LogP contribution in [0.4, 0.5) is 0 Å². The van der Waals surface area contributed by atoms with Crippen molar-refractivity contribution in [3.05, 3.63) is 15.4 Å². The number of piperidine rings is 1. The number of carbonyl (C=O) groups is 1. The molecule has 7 nitrogen and oxygen atoms in total. The number of nitrogens with zero attached hydrogens (tertiary/aromatic N) is 1. The first-order valence-electron chi connectivity index (χ1n) is 5.75. The van der Waals surface area contributed by atoms with E-state index in [9.17, 15) is 18.0 Å². The number of aryl methyl sites for hydroxylation is 1. The highest BCUT2D eigenvalue weighted by Crippen LogP contribution is 2.18. The minimum absolute atomic E-state index is 0.0112. The molecule has 0 spiro atoms. The number of hydrogen-bond acceptors (Lipinski definition) is 5. The van der Waals surface area contributed by atoms with Gasteiger partial charge in [0.25, 0.3) is 10.0 Å². The summed E-state index contributed by atoms with van der Waals surface area (Å²) in [6.45, 7) is 1.89. The molecule has 0 radical (unpaired) electrons. The number of hydrogen-bond donors (Lipinski definition) is 2. The van der Waals surface area contributed by atoms with Gasteiger partial charge in [0.1, 0.15) is 0 Å². The third kappa shape index (κ3) is 3.04. The third-order valence-electron chi connectivity index (χ3n) is 2.97. The summed E-state index contributed by atoms with van der Waals surface area (Å²) in [7, 11) is -2.07. The number of aromatic amines is 1. The predicted octanol–water partition coefficient (Wildman–Crippen LogP) is -0.356. The molecular formula is C10H15N3O4S2. The Kier molecular flexibility index (Phi) is 3.79. The Morgan fingerprint density at radius 1 is 1.42 bits per heavy atom. The zero-order chi connectivity index (χ0) is 14.2. The van der Waals surface area contributed by atoms with Gasteiger partial charge in [-0.25, -0.2) is 13.1 Å². The molecule has 1 unspecified atom stereocenters. The van der Waals surface area contributed by atoms with Gasteiger partial charge in [-0.05, 0) is 13.3 Å². The van der Waals surface area contributed by atoms with Crippen LogP contribution in [0, 0.1) is 6.92 Å². The van der Waals surface area contributed by atoms with Crippen molar-refractivity contribution in [3.8, 4) is 0 Å². The average molecular weight is 305 g/mol. The van der Waals surface area contributed by atoms with E-state index in [1.807, 2.05) is 0 Å². The normalized spacial score (nSPS) is 20.8. The van der Waals surface area contributed by atoms with E-state index in [-0.39, 0.29) is 16.2 Å². The third-order valence-corrected chi connectivity index (χ3v) is 6.10. The number of thiazole rings is 1. The molecule has 1 aliphatic heterocycles. The van der Waals surface area contributed by atoms with E-state index < -0.39 is 14.9 Å². The van der Waals surface area contributed by atoms with Gasteiger partial charge in [-0.15, -0.1) is 0 Å². The number of aromatic nitrogens is 1. The number of rotatable bonds is 3. The van der Waals surface area contributed by atoms with Crippen LogP contribution in [-0.2, 0) is 14.8 Å². The summed E-state index contributed by atoms with van der Waals surface area (Å²) in [6, 6.07) is -0.315. The second kappa shape index (κ2) is 5.06. The minimum atomic E-state index is -3.71. The molecule has 9 heteroatoms. The maximum absolute atomic E-state index is 12.2. The van der Waals surface area contributed by atoms with Crippen LogP contribution in [0.15, 0.2) is 9.00 Å². The first-order valence-corrected chi connectivity index (χ1v) is 8.05. The van der Waals surface area contributed by atoms with Gasteiger partial charge in [-0.2, -0.15) is 0 Å². The van der Waals surface area contributed by atoms with E-state index in [2.05, 4.69) is 9.71 Å². The lowest BCUT2D eigenvalue weighted by Gasteiger charge is -2.29. The van der Waals surface area contributed by atoms with Crippen molar-refractivity contribution in [1.29, 1.82) is 0 Å². The summed E-state index contributed by atoms with van der Waals surface area (Å²) in [5.41, 5.74) is 0.336. The quantitative estimate of drug-likeness (QED) is 0.797. The van der Waals surface area contributed by atoms with Crippen LogP contribution in [0.3, 0.4) is 0 Å². The lowest BCUT2D eigenvalue weighted by molar-refractivity contribution is -0.132. The summed E-state index contributed by atoms with van der Waals surface area (Å²) < 4.78 is 26.9. The maximum Gasteiger partial charge on any atom is 0.305 e. The van der Waals surface area contributed by atoms with Gasteiger partial charge in [-0.1, -0.05) is 11.3 Å². The second-order valence-corrected chi connectivity index (χ2v) is 7.45. The van der Waals surface area contributed by atoms with E-state index >= 15 is 0 Å². The molecular weight excluding hydrogens is 290 g/mol. The number of likely N-dealkylation sites (N-methyl/N-ethyl adjacent to an activating group) is 1. The molecule has 19 heavy (non-hydrogen) atoms. The van der Waals surface area contributed by atoms with E-state index in [1.54, 1.807) is 14.0 Å². The van der Waals surface area contributed by atoms with Crippen molar-refractivity contribution in [1.82, 2.24) is 14.6 Å². The van der Waals surface area contributed by atoms with Crippen LogP contribution in [0.2, 0.25) is 0 Å². The van der Waals surface area contributed by atoms with Gasteiger partial charge in [-0.3, -0.25) is 9.59 Å². The SMILES string of the molecule is Cc1[nH]c(=O)sc1S(=O)(=O)NC1CCC(=O)N(C)C1. The number of amides is 1. The maximum atomic E-state index is 12.2. The Labute approximate surface area is 114 Å². The largest absolute Gasteiger partial charge is 0.344 e.